The minimum atomic E-state index is -1.11. The number of carbonyl (C=O) groups excluding carboxylic acids is 1. The van der Waals surface area contributed by atoms with Crippen LogP contribution in [0.1, 0.15) is 10.4 Å². The SMILES string of the molecule is NC1COCC1C(=O)Nc1c(Br)cccc1C(=O)O. The van der Waals surface area contributed by atoms with Gasteiger partial charge in [-0.15, -0.1) is 0 Å². The maximum Gasteiger partial charge on any atom is 0.337 e. The van der Waals surface area contributed by atoms with Gasteiger partial charge in [-0.2, -0.15) is 0 Å². The molecule has 2 unspecified atom stereocenters. The quantitative estimate of drug-likeness (QED) is 0.770. The molecule has 1 fully saturated rings. The Morgan fingerprint density at radius 2 is 2.16 bits per heavy atom. The van der Waals surface area contributed by atoms with Crippen LogP contribution in [0.4, 0.5) is 5.69 Å². The summed E-state index contributed by atoms with van der Waals surface area (Å²) in [5.74, 6) is -1.91. The number of nitrogens with two attached hydrogens (primary N) is 1. The molecule has 6 nitrogen and oxygen atoms in total. The van der Waals surface area contributed by atoms with Crippen LogP contribution >= 0.6 is 15.9 Å². The predicted octanol–water partition coefficient (Wildman–Crippen LogP) is 1.06. The summed E-state index contributed by atoms with van der Waals surface area (Å²) in [6, 6.07) is 4.31. The van der Waals surface area contributed by atoms with Crippen molar-refractivity contribution in [2.75, 3.05) is 18.5 Å². The molecule has 1 aliphatic heterocycles. The molecule has 7 heteroatoms. The number of carbonyl (C=O) groups is 2. The fourth-order valence-corrected chi connectivity index (χ4v) is 2.35. The Kier molecular flexibility index (Phi) is 4.18. The Bertz CT molecular complexity index is 520. The van der Waals surface area contributed by atoms with E-state index in [1.54, 1.807) is 12.1 Å². The van der Waals surface area contributed by atoms with E-state index in [2.05, 4.69) is 21.2 Å². The van der Waals surface area contributed by atoms with E-state index in [-0.39, 0.29) is 29.8 Å². The Hall–Kier alpha value is -1.44. The maximum absolute atomic E-state index is 12.1. The highest BCUT2D eigenvalue weighted by Gasteiger charge is 2.32. The van der Waals surface area contributed by atoms with E-state index in [9.17, 15) is 9.59 Å². The van der Waals surface area contributed by atoms with E-state index in [1.807, 2.05) is 0 Å². The minimum Gasteiger partial charge on any atom is -0.478 e. The van der Waals surface area contributed by atoms with Gasteiger partial charge in [-0.1, -0.05) is 6.07 Å². The van der Waals surface area contributed by atoms with E-state index in [4.69, 9.17) is 15.6 Å². The molecular formula is C12H13BrN2O4. The molecule has 1 amide bonds. The van der Waals surface area contributed by atoms with Gasteiger partial charge < -0.3 is 20.9 Å². The first kappa shape index (κ1) is 14.0. The zero-order valence-corrected chi connectivity index (χ0v) is 11.5. The highest BCUT2D eigenvalue weighted by atomic mass is 79.9. The van der Waals surface area contributed by atoms with Gasteiger partial charge in [0.2, 0.25) is 5.91 Å². The summed E-state index contributed by atoms with van der Waals surface area (Å²) in [5, 5.41) is 11.7. The molecule has 1 aromatic rings. The second-order valence-electron chi connectivity index (χ2n) is 4.26. The van der Waals surface area contributed by atoms with Crippen molar-refractivity contribution in [3.05, 3.63) is 28.2 Å². The standard InChI is InChI=1S/C12H13BrN2O4/c13-8-3-1-2-6(12(17)18)10(8)15-11(16)7-4-19-5-9(7)14/h1-3,7,9H,4-5,14H2,(H,15,16)(H,17,18). The number of halogens is 1. The van der Waals surface area contributed by atoms with Gasteiger partial charge in [-0.05, 0) is 28.1 Å². The topological polar surface area (TPSA) is 102 Å². The number of nitrogens with one attached hydrogen (secondary N) is 1. The first-order chi connectivity index (χ1) is 9.00. The van der Waals surface area contributed by atoms with Crippen molar-refractivity contribution >= 4 is 33.5 Å². The van der Waals surface area contributed by atoms with Crippen molar-refractivity contribution in [3.63, 3.8) is 0 Å². The lowest BCUT2D eigenvalue weighted by molar-refractivity contribution is -0.120. The number of hydrogen-bond acceptors (Lipinski definition) is 4. The van der Waals surface area contributed by atoms with Crippen molar-refractivity contribution in [3.8, 4) is 0 Å². The summed E-state index contributed by atoms with van der Waals surface area (Å²) in [6.07, 6.45) is 0. The van der Waals surface area contributed by atoms with Crippen LogP contribution in [0, 0.1) is 5.92 Å². The lowest BCUT2D eigenvalue weighted by Gasteiger charge is -2.15. The van der Waals surface area contributed by atoms with Gasteiger partial charge in [-0.25, -0.2) is 4.79 Å². The molecule has 0 bridgehead atoms. The number of rotatable bonds is 3. The van der Waals surface area contributed by atoms with Gasteiger partial charge >= 0.3 is 5.97 Å². The fourth-order valence-electron chi connectivity index (χ4n) is 1.89. The van der Waals surface area contributed by atoms with Crippen molar-refractivity contribution < 1.29 is 19.4 Å². The number of carboxylic acid groups (broad SMARTS) is 1. The molecule has 4 N–H and O–H groups in total. The third-order valence-electron chi connectivity index (χ3n) is 2.95. The second kappa shape index (κ2) is 5.68. The third kappa shape index (κ3) is 2.94. The number of benzene rings is 1. The van der Waals surface area contributed by atoms with Crippen LogP contribution in [0.5, 0.6) is 0 Å². The summed E-state index contributed by atoms with van der Waals surface area (Å²) >= 11 is 3.23. The first-order valence-corrected chi connectivity index (χ1v) is 6.46. The van der Waals surface area contributed by atoms with Gasteiger partial charge in [0.1, 0.15) is 0 Å². The molecule has 2 rings (SSSR count). The highest BCUT2D eigenvalue weighted by Crippen LogP contribution is 2.27. The number of anilines is 1. The van der Waals surface area contributed by atoms with Crippen LogP contribution in [0.3, 0.4) is 0 Å². The molecule has 1 aliphatic rings. The molecule has 0 aliphatic carbocycles. The number of carboxylic acids is 1. The van der Waals surface area contributed by atoms with Gasteiger partial charge in [0.25, 0.3) is 0 Å². The fraction of sp³-hybridized carbons (Fsp3) is 0.333. The zero-order valence-electron chi connectivity index (χ0n) is 9.93. The molecule has 1 heterocycles. The molecular weight excluding hydrogens is 316 g/mol. The molecule has 2 atom stereocenters. The van der Waals surface area contributed by atoms with Crippen LogP contribution in [0.25, 0.3) is 0 Å². The molecule has 19 heavy (non-hydrogen) atoms. The number of aromatic carboxylic acids is 1. The zero-order chi connectivity index (χ0) is 14.0. The largest absolute Gasteiger partial charge is 0.478 e. The normalized spacial score (nSPS) is 22.2. The number of hydrogen-bond donors (Lipinski definition) is 3. The second-order valence-corrected chi connectivity index (χ2v) is 5.12. The van der Waals surface area contributed by atoms with E-state index in [0.717, 1.165) is 0 Å². The maximum atomic E-state index is 12.1. The number of ether oxygens (including phenoxy) is 1. The van der Waals surface area contributed by atoms with Crippen LogP contribution < -0.4 is 11.1 Å². The lowest BCUT2D eigenvalue weighted by atomic mass is 10.0. The summed E-state index contributed by atoms with van der Waals surface area (Å²) in [5.41, 5.74) is 6.01. The van der Waals surface area contributed by atoms with Crippen LogP contribution in [0.15, 0.2) is 22.7 Å². The molecule has 0 radical (unpaired) electrons. The third-order valence-corrected chi connectivity index (χ3v) is 3.61. The molecule has 1 saturated heterocycles. The van der Waals surface area contributed by atoms with Crippen LogP contribution in [-0.4, -0.2) is 36.2 Å². The Labute approximate surface area is 118 Å². The van der Waals surface area contributed by atoms with Gasteiger partial charge in [0.05, 0.1) is 30.4 Å². The Morgan fingerprint density at radius 1 is 1.42 bits per heavy atom. The Balaban J connectivity index is 2.23. The van der Waals surface area contributed by atoms with Gasteiger partial charge in [0.15, 0.2) is 0 Å². The summed E-state index contributed by atoms with van der Waals surface area (Å²) in [7, 11) is 0. The van der Waals surface area contributed by atoms with Crippen molar-refractivity contribution in [1.82, 2.24) is 0 Å². The summed E-state index contributed by atoms with van der Waals surface area (Å²) < 4.78 is 5.63. The molecule has 0 aromatic heterocycles. The summed E-state index contributed by atoms with van der Waals surface area (Å²) in [4.78, 5) is 23.2. The number of para-hydroxylation sites is 1. The van der Waals surface area contributed by atoms with Crippen LogP contribution in [0.2, 0.25) is 0 Å². The molecule has 1 aromatic carbocycles. The lowest BCUT2D eigenvalue weighted by Crippen LogP contribution is -2.37. The molecule has 0 saturated carbocycles. The van der Waals surface area contributed by atoms with Gasteiger partial charge in [-0.3, -0.25) is 4.79 Å². The molecule has 102 valence electrons. The van der Waals surface area contributed by atoms with Crippen molar-refractivity contribution in [2.45, 2.75) is 6.04 Å². The van der Waals surface area contributed by atoms with E-state index < -0.39 is 11.9 Å². The van der Waals surface area contributed by atoms with Crippen LogP contribution in [-0.2, 0) is 9.53 Å². The first-order valence-electron chi connectivity index (χ1n) is 5.66. The average molecular weight is 329 g/mol. The number of amides is 1. The van der Waals surface area contributed by atoms with Crippen molar-refractivity contribution in [2.24, 2.45) is 11.7 Å². The van der Waals surface area contributed by atoms with Crippen molar-refractivity contribution in [1.29, 1.82) is 0 Å². The summed E-state index contributed by atoms with van der Waals surface area (Å²) in [6.45, 7) is 0.583. The smallest absolute Gasteiger partial charge is 0.337 e. The van der Waals surface area contributed by atoms with E-state index >= 15 is 0 Å². The average Bonchev–Trinajstić information content (AvgIpc) is 2.77. The Morgan fingerprint density at radius 3 is 2.74 bits per heavy atom. The van der Waals surface area contributed by atoms with E-state index in [0.29, 0.717) is 11.1 Å². The predicted molar refractivity (Wildman–Crippen MR) is 72.0 cm³/mol. The monoisotopic (exact) mass is 328 g/mol. The highest BCUT2D eigenvalue weighted by molar-refractivity contribution is 9.10. The van der Waals surface area contributed by atoms with Gasteiger partial charge in [0, 0.05) is 10.5 Å². The minimum absolute atomic E-state index is 0.0233. The van der Waals surface area contributed by atoms with E-state index in [1.165, 1.54) is 6.07 Å². The molecule has 0 spiro atoms.